The average Bonchev–Trinajstić information content (AvgIpc) is 3.04. The Morgan fingerprint density at radius 1 is 1.25 bits per heavy atom. The molecular weight excluding hydrogens is 364 g/mol. The largest absolute Gasteiger partial charge is 0.356 e. The summed E-state index contributed by atoms with van der Waals surface area (Å²) in [7, 11) is -1.60. The molecule has 0 aliphatic heterocycles. The Bertz CT molecular complexity index is 610. The number of nitrogens with zero attached hydrogens (tertiary/aromatic N) is 2. The standard InChI is InChI=1S/C15H28N4O2S3/c1-5-19(6-2)24(20,21)14-8-7-13(23-14)9-10-17-15(16-3)18-11-12-22-4/h7-8H,5-6,9-12H2,1-4H3,(H2,16,17,18). The number of guanidine groups is 1. The molecule has 1 rings (SSSR count). The molecule has 0 aliphatic rings. The maximum absolute atomic E-state index is 12.5. The second kappa shape index (κ2) is 11.0. The highest BCUT2D eigenvalue weighted by Crippen LogP contribution is 2.25. The molecule has 9 heteroatoms. The van der Waals surface area contributed by atoms with Crippen molar-refractivity contribution in [1.29, 1.82) is 0 Å². The zero-order valence-corrected chi connectivity index (χ0v) is 17.3. The molecule has 0 unspecified atom stereocenters. The van der Waals surface area contributed by atoms with Gasteiger partial charge in [0.15, 0.2) is 5.96 Å². The highest BCUT2D eigenvalue weighted by molar-refractivity contribution is 7.98. The fourth-order valence-corrected chi connectivity index (χ4v) is 5.39. The first-order chi connectivity index (χ1) is 11.5. The van der Waals surface area contributed by atoms with Crippen LogP contribution in [0.5, 0.6) is 0 Å². The molecule has 0 aromatic carbocycles. The van der Waals surface area contributed by atoms with Gasteiger partial charge in [-0.15, -0.1) is 11.3 Å². The Labute approximate surface area is 154 Å². The van der Waals surface area contributed by atoms with E-state index in [4.69, 9.17) is 0 Å². The van der Waals surface area contributed by atoms with Crippen LogP contribution in [0.1, 0.15) is 18.7 Å². The number of thioether (sulfide) groups is 1. The zero-order valence-electron chi connectivity index (χ0n) is 14.8. The predicted molar refractivity (Wildman–Crippen MR) is 106 cm³/mol. The maximum Gasteiger partial charge on any atom is 0.252 e. The first-order valence-corrected chi connectivity index (χ1v) is 11.7. The number of rotatable bonds is 10. The molecule has 0 radical (unpaired) electrons. The molecule has 0 spiro atoms. The number of aliphatic imine (C=N–C) groups is 1. The molecule has 2 N–H and O–H groups in total. The molecule has 0 fully saturated rings. The number of hydrogen-bond acceptors (Lipinski definition) is 5. The molecule has 1 aromatic heterocycles. The van der Waals surface area contributed by atoms with E-state index in [1.165, 1.54) is 15.6 Å². The van der Waals surface area contributed by atoms with Gasteiger partial charge in [-0.3, -0.25) is 4.99 Å². The van der Waals surface area contributed by atoms with E-state index in [0.29, 0.717) is 23.8 Å². The van der Waals surface area contributed by atoms with Crippen molar-refractivity contribution in [3.8, 4) is 0 Å². The summed E-state index contributed by atoms with van der Waals surface area (Å²) >= 11 is 3.13. The summed E-state index contributed by atoms with van der Waals surface area (Å²) in [6.07, 6.45) is 2.83. The molecule has 6 nitrogen and oxygen atoms in total. The molecule has 1 heterocycles. The van der Waals surface area contributed by atoms with Crippen molar-refractivity contribution in [2.45, 2.75) is 24.5 Å². The van der Waals surface area contributed by atoms with E-state index in [2.05, 4.69) is 21.9 Å². The van der Waals surface area contributed by atoms with Crippen LogP contribution in [0, 0.1) is 0 Å². The van der Waals surface area contributed by atoms with Gasteiger partial charge in [0.1, 0.15) is 4.21 Å². The summed E-state index contributed by atoms with van der Waals surface area (Å²) < 4.78 is 26.8. The number of nitrogens with one attached hydrogen (secondary N) is 2. The van der Waals surface area contributed by atoms with Crippen molar-refractivity contribution in [3.63, 3.8) is 0 Å². The van der Waals surface area contributed by atoms with Gasteiger partial charge < -0.3 is 10.6 Å². The van der Waals surface area contributed by atoms with Gasteiger partial charge in [0.2, 0.25) is 0 Å². The van der Waals surface area contributed by atoms with Crippen molar-refractivity contribution >= 4 is 39.1 Å². The van der Waals surface area contributed by atoms with Crippen LogP contribution in [-0.4, -0.2) is 63.9 Å². The molecular formula is C15H28N4O2S3. The van der Waals surface area contributed by atoms with Crippen LogP contribution in [0.2, 0.25) is 0 Å². The fraction of sp³-hybridized carbons (Fsp3) is 0.667. The smallest absolute Gasteiger partial charge is 0.252 e. The van der Waals surface area contributed by atoms with E-state index in [0.717, 1.165) is 29.6 Å². The van der Waals surface area contributed by atoms with E-state index >= 15 is 0 Å². The lowest BCUT2D eigenvalue weighted by Gasteiger charge is -2.16. The molecule has 138 valence electrons. The number of thiophene rings is 1. The molecule has 0 atom stereocenters. The molecule has 0 saturated carbocycles. The van der Waals surface area contributed by atoms with Crippen LogP contribution in [0.4, 0.5) is 0 Å². The highest BCUT2D eigenvalue weighted by atomic mass is 32.2. The molecule has 1 aromatic rings. The van der Waals surface area contributed by atoms with Crippen LogP contribution in [0.3, 0.4) is 0 Å². The Morgan fingerprint density at radius 3 is 2.50 bits per heavy atom. The minimum Gasteiger partial charge on any atom is -0.356 e. The van der Waals surface area contributed by atoms with Gasteiger partial charge in [-0.1, -0.05) is 13.8 Å². The van der Waals surface area contributed by atoms with Crippen molar-refractivity contribution in [2.24, 2.45) is 4.99 Å². The van der Waals surface area contributed by atoms with Gasteiger partial charge in [0.05, 0.1) is 0 Å². The van der Waals surface area contributed by atoms with Crippen LogP contribution in [-0.2, 0) is 16.4 Å². The quantitative estimate of drug-likeness (QED) is 0.361. The van der Waals surface area contributed by atoms with Crippen LogP contribution in [0.25, 0.3) is 0 Å². The lowest BCUT2D eigenvalue weighted by molar-refractivity contribution is 0.447. The summed E-state index contributed by atoms with van der Waals surface area (Å²) in [5.74, 6) is 1.80. The van der Waals surface area contributed by atoms with Gasteiger partial charge in [-0.05, 0) is 24.8 Å². The first kappa shape index (κ1) is 21.3. The van der Waals surface area contributed by atoms with Gasteiger partial charge >= 0.3 is 0 Å². The van der Waals surface area contributed by atoms with Gasteiger partial charge in [0.25, 0.3) is 10.0 Å². The lowest BCUT2D eigenvalue weighted by Crippen LogP contribution is -2.39. The van der Waals surface area contributed by atoms with E-state index in [9.17, 15) is 8.42 Å². The summed E-state index contributed by atoms with van der Waals surface area (Å²) in [6, 6.07) is 3.60. The van der Waals surface area contributed by atoms with Crippen LogP contribution >= 0.6 is 23.1 Å². The van der Waals surface area contributed by atoms with E-state index in [1.807, 2.05) is 19.9 Å². The fourth-order valence-electron chi connectivity index (χ4n) is 2.12. The van der Waals surface area contributed by atoms with Crippen molar-refractivity contribution in [3.05, 3.63) is 17.0 Å². The average molecular weight is 393 g/mol. The van der Waals surface area contributed by atoms with E-state index in [-0.39, 0.29) is 0 Å². The van der Waals surface area contributed by atoms with Gasteiger partial charge in [-0.25, -0.2) is 8.42 Å². The summed E-state index contributed by atoms with van der Waals surface area (Å²) in [5.41, 5.74) is 0. The molecule has 0 amide bonds. The van der Waals surface area contributed by atoms with Crippen molar-refractivity contribution in [2.75, 3.05) is 45.2 Å². The third-order valence-corrected chi connectivity index (χ3v) is 7.70. The summed E-state index contributed by atoms with van der Waals surface area (Å²) in [4.78, 5) is 5.22. The zero-order chi connectivity index (χ0) is 18.0. The predicted octanol–water partition coefficient (Wildman–Crippen LogP) is 1.85. The minimum absolute atomic E-state index is 0.420. The van der Waals surface area contributed by atoms with Gasteiger partial charge in [-0.2, -0.15) is 16.1 Å². The Balaban J connectivity index is 2.55. The van der Waals surface area contributed by atoms with Crippen LogP contribution < -0.4 is 10.6 Å². The Morgan fingerprint density at radius 2 is 1.92 bits per heavy atom. The number of hydrogen-bond donors (Lipinski definition) is 2. The third kappa shape index (κ3) is 6.27. The van der Waals surface area contributed by atoms with E-state index < -0.39 is 10.0 Å². The van der Waals surface area contributed by atoms with Crippen molar-refractivity contribution < 1.29 is 8.42 Å². The van der Waals surface area contributed by atoms with E-state index in [1.54, 1.807) is 24.9 Å². The molecule has 24 heavy (non-hydrogen) atoms. The minimum atomic E-state index is -3.35. The second-order valence-electron chi connectivity index (χ2n) is 4.98. The topological polar surface area (TPSA) is 73.8 Å². The van der Waals surface area contributed by atoms with Gasteiger partial charge in [0, 0.05) is 43.9 Å². The third-order valence-electron chi connectivity index (χ3n) is 3.42. The highest BCUT2D eigenvalue weighted by Gasteiger charge is 2.23. The SMILES string of the molecule is CCN(CC)S(=O)(=O)c1ccc(CCNC(=NC)NCCSC)s1. The van der Waals surface area contributed by atoms with Crippen LogP contribution in [0.15, 0.2) is 21.3 Å². The molecule has 0 bridgehead atoms. The molecule has 0 aliphatic carbocycles. The molecule has 0 saturated heterocycles. The normalized spacial score (nSPS) is 12.6. The Hall–Kier alpha value is -0.770. The first-order valence-electron chi connectivity index (χ1n) is 8.01. The Kier molecular flexibility index (Phi) is 9.72. The summed E-state index contributed by atoms with van der Waals surface area (Å²) in [6.45, 7) is 6.28. The number of sulfonamides is 1. The second-order valence-corrected chi connectivity index (χ2v) is 9.30. The monoisotopic (exact) mass is 392 g/mol. The summed E-state index contributed by atoms with van der Waals surface area (Å²) in [5, 5.41) is 6.48. The lowest BCUT2D eigenvalue weighted by atomic mass is 10.3. The maximum atomic E-state index is 12.5. The van der Waals surface area contributed by atoms with Crippen molar-refractivity contribution in [1.82, 2.24) is 14.9 Å².